The molecule has 1 amide bonds. The quantitative estimate of drug-likeness (QED) is 0.0346. The molecule has 0 spiro atoms. The highest BCUT2D eigenvalue weighted by molar-refractivity contribution is 5.76. The molecule has 7 atom stereocenters. The summed E-state index contributed by atoms with van der Waals surface area (Å²) in [4.78, 5) is 12.7. The summed E-state index contributed by atoms with van der Waals surface area (Å²) in [6.45, 7) is 3.72. The Labute approximate surface area is 319 Å². The first-order valence-electron chi connectivity index (χ1n) is 22.2. The van der Waals surface area contributed by atoms with Gasteiger partial charge in [0.25, 0.3) is 0 Å². The molecule has 1 aliphatic rings. The van der Waals surface area contributed by atoms with E-state index < -0.39 is 49.5 Å². The van der Waals surface area contributed by atoms with Gasteiger partial charge in [-0.2, -0.15) is 0 Å². The molecule has 0 aliphatic carbocycles. The van der Waals surface area contributed by atoms with Crippen molar-refractivity contribution in [1.29, 1.82) is 0 Å². The number of aliphatic hydroxyl groups is 5. The van der Waals surface area contributed by atoms with E-state index in [0.29, 0.717) is 12.8 Å². The maximum Gasteiger partial charge on any atom is 0.220 e. The van der Waals surface area contributed by atoms with Crippen LogP contribution in [0.4, 0.5) is 0 Å². The predicted molar refractivity (Wildman–Crippen MR) is 212 cm³/mol. The minimum absolute atomic E-state index is 0.135. The number of rotatable bonds is 37. The van der Waals surface area contributed by atoms with E-state index in [1.54, 1.807) is 0 Å². The summed E-state index contributed by atoms with van der Waals surface area (Å²) in [5.74, 6) is -0.160. The Bertz CT molecular complexity index is 786. The molecule has 0 radical (unpaired) electrons. The van der Waals surface area contributed by atoms with E-state index in [0.717, 1.165) is 44.9 Å². The van der Waals surface area contributed by atoms with Gasteiger partial charge in [-0.3, -0.25) is 4.79 Å². The van der Waals surface area contributed by atoms with E-state index in [2.05, 4.69) is 19.2 Å². The molecule has 1 rings (SSSR count). The molecule has 6 N–H and O–H groups in total. The van der Waals surface area contributed by atoms with Crippen LogP contribution >= 0.6 is 0 Å². The first-order valence-corrected chi connectivity index (χ1v) is 22.2. The molecule has 1 saturated heterocycles. The van der Waals surface area contributed by atoms with Crippen molar-refractivity contribution in [2.45, 2.75) is 256 Å². The van der Waals surface area contributed by atoms with E-state index in [9.17, 15) is 30.3 Å². The number of nitrogens with one attached hydrogen (secondary N) is 1. The lowest BCUT2D eigenvalue weighted by atomic mass is 9.99. The van der Waals surface area contributed by atoms with Crippen LogP contribution in [-0.4, -0.2) is 87.5 Å². The maximum atomic E-state index is 12.7. The second kappa shape index (κ2) is 34.7. The van der Waals surface area contributed by atoms with Crippen LogP contribution in [0.25, 0.3) is 0 Å². The van der Waals surface area contributed by atoms with Gasteiger partial charge in [-0.15, -0.1) is 0 Å². The number of hydrogen-bond donors (Lipinski definition) is 6. The second-order valence-electron chi connectivity index (χ2n) is 15.9. The summed E-state index contributed by atoms with van der Waals surface area (Å²) < 4.78 is 11.2. The zero-order valence-corrected chi connectivity index (χ0v) is 33.8. The third kappa shape index (κ3) is 25.3. The first kappa shape index (κ1) is 49.2. The lowest BCUT2D eigenvalue weighted by Crippen LogP contribution is -2.60. The Morgan fingerprint density at radius 1 is 0.577 bits per heavy atom. The third-order valence-electron chi connectivity index (χ3n) is 11.0. The van der Waals surface area contributed by atoms with Crippen LogP contribution in [0.1, 0.15) is 213 Å². The van der Waals surface area contributed by atoms with Gasteiger partial charge in [-0.05, 0) is 12.8 Å². The molecular formula is C43H85NO8. The first-order chi connectivity index (χ1) is 25.3. The van der Waals surface area contributed by atoms with Gasteiger partial charge in [0.15, 0.2) is 6.29 Å². The van der Waals surface area contributed by atoms with Crippen LogP contribution < -0.4 is 5.32 Å². The topological polar surface area (TPSA) is 149 Å². The van der Waals surface area contributed by atoms with Gasteiger partial charge in [-0.1, -0.05) is 194 Å². The number of unbranched alkanes of at least 4 members (excludes halogenated alkanes) is 27. The molecular weight excluding hydrogens is 658 g/mol. The zero-order chi connectivity index (χ0) is 38.1. The molecule has 1 fully saturated rings. The van der Waals surface area contributed by atoms with Crippen molar-refractivity contribution in [2.75, 3.05) is 13.2 Å². The minimum Gasteiger partial charge on any atom is -0.394 e. The molecule has 1 heterocycles. The standard InChI is InChI=1S/C43H85NO8/c1-3-5-7-9-10-11-12-13-14-15-16-17-18-19-20-21-22-23-24-25-26-27-28-29-30-32-37(46)36(44-39(47)33-31-8-6-4-2)35-51-43-42(50)41(49)40(48)38(34-45)52-43/h36-38,40-43,45-46,48-50H,3-35H2,1-2H3,(H,44,47). The maximum absolute atomic E-state index is 12.7. The van der Waals surface area contributed by atoms with Crippen LogP contribution in [-0.2, 0) is 14.3 Å². The molecule has 52 heavy (non-hydrogen) atoms. The summed E-state index contributed by atoms with van der Waals surface area (Å²) in [6, 6.07) is -0.708. The lowest BCUT2D eigenvalue weighted by molar-refractivity contribution is -0.302. The van der Waals surface area contributed by atoms with Crippen molar-refractivity contribution >= 4 is 5.91 Å². The smallest absolute Gasteiger partial charge is 0.220 e. The molecule has 0 saturated carbocycles. The average Bonchev–Trinajstić information content (AvgIpc) is 3.14. The number of carbonyl (C=O) groups is 1. The Morgan fingerprint density at radius 2 is 0.962 bits per heavy atom. The predicted octanol–water partition coefficient (Wildman–Crippen LogP) is 8.78. The van der Waals surface area contributed by atoms with Crippen molar-refractivity contribution < 1.29 is 39.8 Å². The average molecular weight is 744 g/mol. The number of aliphatic hydroxyl groups excluding tert-OH is 5. The van der Waals surface area contributed by atoms with Gasteiger partial charge in [0.2, 0.25) is 5.91 Å². The Balaban J connectivity index is 2.10. The second-order valence-corrected chi connectivity index (χ2v) is 15.9. The Kier molecular flexibility index (Phi) is 32.8. The Hall–Kier alpha value is -0.810. The molecule has 9 heteroatoms. The van der Waals surface area contributed by atoms with Crippen molar-refractivity contribution in [3.8, 4) is 0 Å². The minimum atomic E-state index is -1.55. The summed E-state index contributed by atoms with van der Waals surface area (Å²) in [7, 11) is 0. The molecule has 310 valence electrons. The Morgan fingerprint density at radius 3 is 1.37 bits per heavy atom. The molecule has 0 bridgehead atoms. The molecule has 1 aliphatic heterocycles. The molecule has 7 unspecified atom stereocenters. The van der Waals surface area contributed by atoms with Crippen molar-refractivity contribution in [3.05, 3.63) is 0 Å². The van der Waals surface area contributed by atoms with Crippen LogP contribution in [0.2, 0.25) is 0 Å². The molecule has 9 nitrogen and oxygen atoms in total. The van der Waals surface area contributed by atoms with E-state index in [1.807, 2.05) is 0 Å². The largest absolute Gasteiger partial charge is 0.394 e. The number of hydrogen-bond acceptors (Lipinski definition) is 8. The summed E-state index contributed by atoms with van der Waals surface area (Å²) in [5, 5.41) is 53.8. The zero-order valence-electron chi connectivity index (χ0n) is 33.8. The van der Waals surface area contributed by atoms with Crippen molar-refractivity contribution in [1.82, 2.24) is 5.32 Å². The van der Waals surface area contributed by atoms with E-state index in [4.69, 9.17) is 9.47 Å². The van der Waals surface area contributed by atoms with E-state index in [1.165, 1.54) is 141 Å². The van der Waals surface area contributed by atoms with Crippen molar-refractivity contribution in [2.24, 2.45) is 0 Å². The van der Waals surface area contributed by atoms with Crippen LogP contribution in [0, 0.1) is 0 Å². The number of carbonyl (C=O) groups excluding carboxylic acids is 1. The van der Waals surface area contributed by atoms with Gasteiger partial charge in [0.1, 0.15) is 24.4 Å². The summed E-state index contributed by atoms with van der Waals surface area (Å²) in [5.41, 5.74) is 0. The fourth-order valence-electron chi connectivity index (χ4n) is 7.34. The molecule has 0 aromatic rings. The number of amides is 1. The van der Waals surface area contributed by atoms with Crippen LogP contribution in [0.15, 0.2) is 0 Å². The highest BCUT2D eigenvalue weighted by Gasteiger charge is 2.44. The number of ether oxygens (including phenoxy) is 2. The monoisotopic (exact) mass is 744 g/mol. The van der Waals surface area contributed by atoms with E-state index in [-0.39, 0.29) is 12.5 Å². The van der Waals surface area contributed by atoms with E-state index >= 15 is 0 Å². The third-order valence-corrected chi connectivity index (χ3v) is 11.0. The van der Waals surface area contributed by atoms with Crippen molar-refractivity contribution in [3.63, 3.8) is 0 Å². The van der Waals surface area contributed by atoms with Gasteiger partial charge in [-0.25, -0.2) is 0 Å². The highest BCUT2D eigenvalue weighted by atomic mass is 16.7. The summed E-state index contributed by atoms with van der Waals surface area (Å²) >= 11 is 0. The molecule has 0 aromatic heterocycles. The highest BCUT2D eigenvalue weighted by Crippen LogP contribution is 2.23. The van der Waals surface area contributed by atoms with Gasteiger partial charge in [0.05, 0.1) is 25.4 Å². The fourth-order valence-corrected chi connectivity index (χ4v) is 7.34. The van der Waals surface area contributed by atoms with Crippen LogP contribution in [0.5, 0.6) is 0 Å². The SMILES string of the molecule is CCCCCCCCCCCCCCCCCCCCCCCCCCCC(O)C(COC1OC(CO)C(O)C(O)C1O)NC(=O)CCCCCC. The van der Waals surface area contributed by atoms with Gasteiger partial charge >= 0.3 is 0 Å². The fraction of sp³-hybridized carbons (Fsp3) is 0.977. The molecule has 0 aromatic carbocycles. The van der Waals surface area contributed by atoms with Crippen LogP contribution in [0.3, 0.4) is 0 Å². The van der Waals surface area contributed by atoms with Gasteiger partial charge in [0, 0.05) is 6.42 Å². The van der Waals surface area contributed by atoms with Gasteiger partial charge < -0.3 is 40.3 Å². The normalized spacial score (nSPS) is 21.7. The summed E-state index contributed by atoms with van der Waals surface area (Å²) in [6.07, 6.45) is 30.5. The lowest BCUT2D eigenvalue weighted by Gasteiger charge is -2.40.